The minimum absolute atomic E-state index is 0.218. The molecule has 0 bridgehead atoms. The fourth-order valence-electron chi connectivity index (χ4n) is 4.78. The van der Waals surface area contributed by atoms with Gasteiger partial charge in [-0.05, 0) is 66.3 Å². The summed E-state index contributed by atoms with van der Waals surface area (Å²) in [7, 11) is 0. The number of aromatic nitrogens is 3. The van der Waals surface area contributed by atoms with Crippen LogP contribution < -0.4 is 5.69 Å². The topological polar surface area (TPSA) is 101 Å². The molecule has 0 aliphatic heterocycles. The third-order valence-corrected chi connectivity index (χ3v) is 7.08. The van der Waals surface area contributed by atoms with Crippen molar-refractivity contribution in [2.24, 2.45) is 0 Å². The molecular formula is C27H22N4O3S. The Hall–Kier alpha value is -4.22. The van der Waals surface area contributed by atoms with Crippen molar-refractivity contribution in [2.45, 2.75) is 32.9 Å². The number of rotatable bonds is 6. The molecule has 0 amide bonds. The highest BCUT2D eigenvalue weighted by atomic mass is 32.1. The SMILES string of the molecule is Cc1cc(C)c2c(Cn3c(=O)n(C(CC(=O)O)c4ccccc4)c4ccc(C#N)cc43)nsc2c1. The quantitative estimate of drug-likeness (QED) is 0.366. The Morgan fingerprint density at radius 1 is 1.11 bits per heavy atom. The summed E-state index contributed by atoms with van der Waals surface area (Å²) >= 11 is 1.40. The number of fused-ring (bicyclic) bond motifs is 2. The molecule has 0 aliphatic rings. The highest BCUT2D eigenvalue weighted by Gasteiger charge is 2.25. The molecule has 5 rings (SSSR count). The van der Waals surface area contributed by atoms with E-state index in [9.17, 15) is 20.0 Å². The van der Waals surface area contributed by atoms with Crippen LogP contribution in [-0.4, -0.2) is 24.6 Å². The lowest BCUT2D eigenvalue weighted by Gasteiger charge is -2.17. The molecule has 7 nitrogen and oxygen atoms in total. The molecular weight excluding hydrogens is 460 g/mol. The van der Waals surface area contributed by atoms with Gasteiger partial charge in [-0.3, -0.25) is 13.9 Å². The minimum atomic E-state index is -1.00. The summed E-state index contributed by atoms with van der Waals surface area (Å²) in [5.74, 6) is -1.00. The van der Waals surface area contributed by atoms with E-state index in [1.54, 1.807) is 22.8 Å². The zero-order chi connectivity index (χ0) is 24.7. The number of aliphatic carboxylic acids is 1. The zero-order valence-electron chi connectivity index (χ0n) is 19.2. The fraction of sp³-hybridized carbons (Fsp3) is 0.185. The van der Waals surface area contributed by atoms with Gasteiger partial charge in [0.05, 0.1) is 52.1 Å². The van der Waals surface area contributed by atoms with Gasteiger partial charge >= 0.3 is 11.7 Å². The van der Waals surface area contributed by atoms with Gasteiger partial charge in [0.2, 0.25) is 0 Å². The Bertz CT molecular complexity index is 1690. The fourth-order valence-corrected chi connectivity index (χ4v) is 5.75. The van der Waals surface area contributed by atoms with Crippen molar-refractivity contribution in [1.29, 1.82) is 5.26 Å². The Morgan fingerprint density at radius 3 is 2.60 bits per heavy atom. The zero-order valence-corrected chi connectivity index (χ0v) is 20.0. The predicted molar refractivity (Wildman–Crippen MR) is 136 cm³/mol. The number of hydrogen-bond donors (Lipinski definition) is 1. The smallest absolute Gasteiger partial charge is 0.330 e. The second-order valence-corrected chi connectivity index (χ2v) is 9.47. The molecule has 0 saturated heterocycles. The normalized spacial score (nSPS) is 12.1. The lowest BCUT2D eigenvalue weighted by Crippen LogP contribution is -2.29. The van der Waals surface area contributed by atoms with Crippen molar-refractivity contribution >= 4 is 38.6 Å². The van der Waals surface area contributed by atoms with Gasteiger partial charge in [0, 0.05) is 5.39 Å². The second-order valence-electron chi connectivity index (χ2n) is 8.66. The Labute approximate surface area is 205 Å². The van der Waals surface area contributed by atoms with Gasteiger partial charge in [-0.15, -0.1) is 0 Å². The molecule has 174 valence electrons. The van der Waals surface area contributed by atoms with E-state index in [-0.39, 0.29) is 18.7 Å². The van der Waals surface area contributed by atoms with Gasteiger partial charge < -0.3 is 5.11 Å². The van der Waals surface area contributed by atoms with Gasteiger partial charge in [0.15, 0.2) is 0 Å². The summed E-state index contributed by atoms with van der Waals surface area (Å²) < 4.78 is 8.85. The van der Waals surface area contributed by atoms with Gasteiger partial charge in [-0.1, -0.05) is 36.4 Å². The first-order chi connectivity index (χ1) is 16.9. The molecule has 0 spiro atoms. The van der Waals surface area contributed by atoms with Crippen molar-refractivity contribution in [2.75, 3.05) is 0 Å². The van der Waals surface area contributed by atoms with Crippen LogP contribution in [0.4, 0.5) is 0 Å². The van der Waals surface area contributed by atoms with E-state index in [2.05, 4.69) is 22.6 Å². The third-order valence-electron chi connectivity index (χ3n) is 6.25. The van der Waals surface area contributed by atoms with Crippen molar-refractivity contribution in [3.63, 3.8) is 0 Å². The summed E-state index contributed by atoms with van der Waals surface area (Å²) in [6.45, 7) is 4.29. The molecule has 0 radical (unpaired) electrons. The number of carboxylic acids is 1. The van der Waals surface area contributed by atoms with Crippen molar-refractivity contribution in [3.8, 4) is 6.07 Å². The van der Waals surface area contributed by atoms with E-state index in [4.69, 9.17) is 0 Å². The summed E-state index contributed by atoms with van der Waals surface area (Å²) in [5, 5.41) is 20.2. The lowest BCUT2D eigenvalue weighted by molar-refractivity contribution is -0.137. The third kappa shape index (κ3) is 4.00. The largest absolute Gasteiger partial charge is 0.481 e. The second kappa shape index (κ2) is 8.85. The summed E-state index contributed by atoms with van der Waals surface area (Å²) in [6, 6.07) is 19.8. The first kappa shape index (κ1) is 22.6. The van der Waals surface area contributed by atoms with Crippen molar-refractivity contribution < 1.29 is 9.90 Å². The van der Waals surface area contributed by atoms with Crippen LogP contribution in [0.1, 0.15) is 40.4 Å². The molecule has 8 heteroatoms. The van der Waals surface area contributed by atoms with E-state index >= 15 is 0 Å². The monoisotopic (exact) mass is 482 g/mol. The van der Waals surface area contributed by atoms with Gasteiger partial charge in [0.1, 0.15) is 0 Å². The lowest BCUT2D eigenvalue weighted by atomic mass is 10.0. The van der Waals surface area contributed by atoms with Crippen LogP contribution in [0.3, 0.4) is 0 Å². The summed E-state index contributed by atoms with van der Waals surface area (Å²) in [4.78, 5) is 25.7. The average molecular weight is 483 g/mol. The molecule has 3 aromatic carbocycles. The molecule has 0 saturated carbocycles. The van der Waals surface area contributed by atoms with Gasteiger partial charge in [-0.25, -0.2) is 4.79 Å². The standard InChI is InChI=1S/C27H22N4O3S/c1-16-10-17(2)26-20(29-35-24(26)11-16)15-30-23-12-18(14-28)8-9-21(23)31(27(30)34)22(13-25(32)33)19-6-4-3-5-7-19/h3-12,22H,13,15H2,1-2H3,(H,32,33). The first-order valence-electron chi connectivity index (χ1n) is 11.1. The maximum atomic E-state index is 13.9. The van der Waals surface area contributed by atoms with Crippen LogP contribution in [-0.2, 0) is 11.3 Å². The number of nitriles is 1. The summed E-state index contributed by atoms with van der Waals surface area (Å²) in [5.41, 5.74) is 4.99. The highest BCUT2D eigenvalue weighted by Crippen LogP contribution is 2.30. The maximum Gasteiger partial charge on any atom is 0.330 e. The molecule has 1 atom stereocenters. The van der Waals surface area contributed by atoms with Crippen LogP contribution in [0.5, 0.6) is 0 Å². The number of nitrogens with zero attached hydrogens (tertiary/aromatic N) is 4. The first-order valence-corrected chi connectivity index (χ1v) is 11.9. The van der Waals surface area contributed by atoms with Crippen molar-refractivity contribution in [3.05, 3.63) is 99.1 Å². The van der Waals surface area contributed by atoms with Crippen molar-refractivity contribution in [1.82, 2.24) is 13.5 Å². The van der Waals surface area contributed by atoms with Gasteiger partial charge in [-0.2, -0.15) is 9.64 Å². The molecule has 1 N–H and O–H groups in total. The number of imidazole rings is 1. The van der Waals surface area contributed by atoms with E-state index in [1.807, 2.05) is 44.2 Å². The number of hydrogen-bond acceptors (Lipinski definition) is 5. The van der Waals surface area contributed by atoms with E-state index in [0.29, 0.717) is 16.6 Å². The molecule has 2 heterocycles. The van der Waals surface area contributed by atoms with Crippen LogP contribution in [0.25, 0.3) is 21.1 Å². The molecule has 2 aromatic heterocycles. The number of carbonyl (C=O) groups is 1. The van der Waals surface area contributed by atoms with Crippen LogP contribution in [0, 0.1) is 25.2 Å². The number of aryl methyl sites for hydroxylation is 2. The molecule has 1 unspecified atom stereocenters. The van der Waals surface area contributed by atoms with Crippen LogP contribution >= 0.6 is 11.5 Å². The minimum Gasteiger partial charge on any atom is -0.481 e. The van der Waals surface area contributed by atoms with E-state index in [0.717, 1.165) is 32.5 Å². The van der Waals surface area contributed by atoms with E-state index < -0.39 is 12.0 Å². The molecule has 5 aromatic rings. The average Bonchev–Trinajstić information content (AvgIpc) is 3.36. The van der Waals surface area contributed by atoms with Crippen LogP contribution in [0.15, 0.2) is 65.5 Å². The Morgan fingerprint density at radius 2 is 1.89 bits per heavy atom. The molecule has 0 aliphatic carbocycles. The maximum absolute atomic E-state index is 13.9. The number of carboxylic acid groups (broad SMARTS) is 1. The molecule has 35 heavy (non-hydrogen) atoms. The molecule has 0 fully saturated rings. The Balaban J connectivity index is 1.75. The van der Waals surface area contributed by atoms with E-state index in [1.165, 1.54) is 16.1 Å². The summed E-state index contributed by atoms with van der Waals surface area (Å²) in [6.07, 6.45) is -0.249. The predicted octanol–water partition coefficient (Wildman–Crippen LogP) is 5.01. The Kier molecular flexibility index (Phi) is 5.71. The van der Waals surface area contributed by atoms with Crippen LogP contribution in [0.2, 0.25) is 0 Å². The number of benzene rings is 3. The highest BCUT2D eigenvalue weighted by molar-refractivity contribution is 7.13. The van der Waals surface area contributed by atoms with Gasteiger partial charge in [0.25, 0.3) is 0 Å².